The maximum absolute atomic E-state index is 13.7. The molecule has 0 saturated carbocycles. The Labute approximate surface area is 123 Å². The first-order valence-electron chi connectivity index (χ1n) is 6.29. The van der Waals surface area contributed by atoms with Gasteiger partial charge in [0.25, 0.3) is 0 Å². The number of halogens is 2. The topological polar surface area (TPSA) is 0 Å². The smallest absolute Gasteiger partial charge is 0.126 e. The Morgan fingerprint density at radius 2 is 1.68 bits per heavy atom. The minimum atomic E-state index is -0.155. The lowest BCUT2D eigenvalue weighted by Gasteiger charge is -2.14. The van der Waals surface area contributed by atoms with Crippen molar-refractivity contribution in [3.63, 3.8) is 0 Å². The van der Waals surface area contributed by atoms with E-state index in [-0.39, 0.29) is 11.7 Å². The summed E-state index contributed by atoms with van der Waals surface area (Å²) < 4.78 is 13.7. The Hall–Kier alpha value is -0.990. The summed E-state index contributed by atoms with van der Waals surface area (Å²) in [6, 6.07) is 17.1. The molecule has 3 heteroatoms. The number of alkyl halides is 1. The van der Waals surface area contributed by atoms with Crippen LogP contribution in [0.4, 0.5) is 4.39 Å². The van der Waals surface area contributed by atoms with Crippen molar-refractivity contribution in [2.24, 2.45) is 0 Å². The zero-order valence-electron chi connectivity index (χ0n) is 10.6. The summed E-state index contributed by atoms with van der Waals surface area (Å²) >= 11 is 7.76. The molecule has 0 aliphatic heterocycles. The average molecular weight is 295 g/mol. The summed E-state index contributed by atoms with van der Waals surface area (Å²) in [5.41, 5.74) is 0.728. The number of thioether (sulfide) groups is 1. The van der Waals surface area contributed by atoms with E-state index in [9.17, 15) is 4.39 Å². The lowest BCUT2D eigenvalue weighted by atomic mass is 9.98. The maximum Gasteiger partial charge on any atom is 0.126 e. The molecule has 0 spiro atoms. The van der Waals surface area contributed by atoms with Gasteiger partial charge in [-0.25, -0.2) is 4.39 Å². The molecule has 1 atom stereocenters. The lowest BCUT2D eigenvalue weighted by molar-refractivity contribution is 0.586. The molecule has 2 aromatic rings. The van der Waals surface area contributed by atoms with Gasteiger partial charge in [0.15, 0.2) is 0 Å². The molecule has 0 radical (unpaired) electrons. The van der Waals surface area contributed by atoms with E-state index in [2.05, 4.69) is 12.1 Å². The third-order valence-electron chi connectivity index (χ3n) is 3.01. The maximum atomic E-state index is 13.7. The second-order valence-corrected chi connectivity index (χ2v) is 5.80. The van der Waals surface area contributed by atoms with Crippen LogP contribution in [0.5, 0.6) is 0 Å². The van der Waals surface area contributed by atoms with Crippen molar-refractivity contribution in [2.75, 3.05) is 11.6 Å². The van der Waals surface area contributed by atoms with Crippen molar-refractivity contribution < 1.29 is 4.39 Å². The molecule has 0 N–H and O–H groups in total. The van der Waals surface area contributed by atoms with Crippen molar-refractivity contribution >= 4 is 23.4 Å². The van der Waals surface area contributed by atoms with Crippen LogP contribution in [0.25, 0.3) is 0 Å². The Balaban J connectivity index is 1.92. The van der Waals surface area contributed by atoms with E-state index in [1.807, 2.05) is 30.3 Å². The molecule has 19 heavy (non-hydrogen) atoms. The minimum Gasteiger partial charge on any atom is -0.207 e. The Morgan fingerprint density at radius 1 is 1.00 bits per heavy atom. The van der Waals surface area contributed by atoms with Crippen LogP contribution in [0.3, 0.4) is 0 Å². The van der Waals surface area contributed by atoms with Crippen LogP contribution in [-0.2, 0) is 0 Å². The largest absolute Gasteiger partial charge is 0.207 e. The van der Waals surface area contributed by atoms with Crippen LogP contribution >= 0.6 is 23.4 Å². The second kappa shape index (κ2) is 7.56. The fraction of sp³-hybridized carbons (Fsp3) is 0.250. The van der Waals surface area contributed by atoms with E-state index < -0.39 is 0 Å². The number of hydrogen-bond acceptors (Lipinski definition) is 1. The van der Waals surface area contributed by atoms with Crippen molar-refractivity contribution in [3.05, 3.63) is 66.0 Å². The third kappa shape index (κ3) is 4.26. The quantitative estimate of drug-likeness (QED) is 0.512. The summed E-state index contributed by atoms with van der Waals surface area (Å²) in [7, 11) is 0. The summed E-state index contributed by atoms with van der Waals surface area (Å²) in [6.45, 7) is 0. The second-order valence-electron chi connectivity index (χ2n) is 4.32. The van der Waals surface area contributed by atoms with Gasteiger partial charge in [-0.15, -0.1) is 23.4 Å². The van der Waals surface area contributed by atoms with Crippen LogP contribution in [0.1, 0.15) is 17.9 Å². The summed E-state index contributed by atoms with van der Waals surface area (Å²) in [5.74, 6) is 1.32. The number of rotatable bonds is 6. The van der Waals surface area contributed by atoms with Gasteiger partial charge in [-0.05, 0) is 35.9 Å². The molecule has 0 heterocycles. The molecule has 0 aliphatic carbocycles. The first kappa shape index (κ1) is 14.4. The van der Waals surface area contributed by atoms with Gasteiger partial charge in [-0.2, -0.15) is 0 Å². The zero-order valence-corrected chi connectivity index (χ0v) is 12.1. The van der Waals surface area contributed by atoms with Gasteiger partial charge >= 0.3 is 0 Å². The zero-order chi connectivity index (χ0) is 13.5. The van der Waals surface area contributed by atoms with Crippen LogP contribution in [0.15, 0.2) is 59.5 Å². The lowest BCUT2D eigenvalue weighted by Crippen LogP contribution is -2.04. The van der Waals surface area contributed by atoms with Crippen molar-refractivity contribution in [3.8, 4) is 0 Å². The van der Waals surface area contributed by atoms with E-state index >= 15 is 0 Å². The van der Waals surface area contributed by atoms with E-state index in [0.717, 1.165) is 17.7 Å². The van der Waals surface area contributed by atoms with E-state index in [1.165, 1.54) is 11.0 Å². The van der Waals surface area contributed by atoms with E-state index in [4.69, 9.17) is 11.6 Å². The predicted molar refractivity (Wildman–Crippen MR) is 81.6 cm³/mol. The molecule has 0 fully saturated rings. The molecule has 0 aliphatic rings. The highest BCUT2D eigenvalue weighted by molar-refractivity contribution is 7.99. The minimum absolute atomic E-state index is 0.0825. The van der Waals surface area contributed by atoms with Gasteiger partial charge in [-0.1, -0.05) is 36.4 Å². The van der Waals surface area contributed by atoms with Gasteiger partial charge in [0.2, 0.25) is 0 Å². The molecule has 2 aromatic carbocycles. The standard InChI is InChI=1S/C16H16ClFS/c17-12-13(15-8-4-5-9-16(15)18)10-11-19-14-6-2-1-3-7-14/h1-9,13H,10-12H2. The predicted octanol–water partition coefficient (Wildman–Crippen LogP) is 5.33. The van der Waals surface area contributed by atoms with Gasteiger partial charge < -0.3 is 0 Å². The molecule has 0 nitrogen and oxygen atoms in total. The fourth-order valence-electron chi connectivity index (χ4n) is 1.96. The van der Waals surface area contributed by atoms with Crippen molar-refractivity contribution in [2.45, 2.75) is 17.2 Å². The molecule has 0 bridgehead atoms. The molecular formula is C16H16ClFS. The summed E-state index contributed by atoms with van der Waals surface area (Å²) in [6.07, 6.45) is 0.879. The molecule has 100 valence electrons. The van der Waals surface area contributed by atoms with E-state index in [0.29, 0.717) is 5.88 Å². The SMILES string of the molecule is Fc1ccccc1C(CCl)CCSc1ccccc1. The molecule has 0 saturated heterocycles. The highest BCUT2D eigenvalue weighted by Crippen LogP contribution is 2.27. The Kier molecular flexibility index (Phi) is 5.74. The molecule has 0 amide bonds. The van der Waals surface area contributed by atoms with Crippen LogP contribution < -0.4 is 0 Å². The molecule has 2 rings (SSSR count). The monoisotopic (exact) mass is 294 g/mol. The first-order valence-corrected chi connectivity index (χ1v) is 7.81. The van der Waals surface area contributed by atoms with Gasteiger partial charge in [-0.3, -0.25) is 0 Å². The molecule has 0 aromatic heterocycles. The van der Waals surface area contributed by atoms with Gasteiger partial charge in [0, 0.05) is 16.7 Å². The fourth-order valence-corrected chi connectivity index (χ4v) is 3.27. The Morgan fingerprint density at radius 3 is 2.37 bits per heavy atom. The number of hydrogen-bond donors (Lipinski definition) is 0. The van der Waals surface area contributed by atoms with Gasteiger partial charge in [0.1, 0.15) is 5.82 Å². The van der Waals surface area contributed by atoms with E-state index in [1.54, 1.807) is 17.8 Å². The number of benzene rings is 2. The Bertz CT molecular complexity index is 501. The van der Waals surface area contributed by atoms with Crippen LogP contribution in [-0.4, -0.2) is 11.6 Å². The highest BCUT2D eigenvalue weighted by atomic mass is 35.5. The first-order chi connectivity index (χ1) is 9.31. The normalized spacial score (nSPS) is 12.3. The average Bonchev–Trinajstić information content (AvgIpc) is 2.46. The third-order valence-corrected chi connectivity index (χ3v) is 4.43. The van der Waals surface area contributed by atoms with Crippen molar-refractivity contribution in [1.29, 1.82) is 0 Å². The van der Waals surface area contributed by atoms with Crippen LogP contribution in [0.2, 0.25) is 0 Å². The highest BCUT2D eigenvalue weighted by Gasteiger charge is 2.14. The summed E-state index contributed by atoms with van der Waals surface area (Å²) in [5, 5.41) is 0. The van der Waals surface area contributed by atoms with Gasteiger partial charge in [0.05, 0.1) is 0 Å². The molecule has 1 unspecified atom stereocenters. The van der Waals surface area contributed by atoms with Crippen LogP contribution in [0, 0.1) is 5.82 Å². The van der Waals surface area contributed by atoms with Crippen molar-refractivity contribution in [1.82, 2.24) is 0 Å². The summed E-state index contributed by atoms with van der Waals surface area (Å²) in [4.78, 5) is 1.24. The molecular weight excluding hydrogens is 279 g/mol.